The summed E-state index contributed by atoms with van der Waals surface area (Å²) in [6.45, 7) is 0. The van der Waals surface area contributed by atoms with E-state index in [4.69, 9.17) is 4.42 Å². The van der Waals surface area contributed by atoms with E-state index in [-0.39, 0.29) is 5.82 Å². The average molecular weight is 261 g/mol. The Morgan fingerprint density at radius 1 is 1.16 bits per heavy atom. The number of rotatable bonds is 2. The average Bonchev–Trinajstić information content (AvgIpc) is 2.67. The van der Waals surface area contributed by atoms with Crippen molar-refractivity contribution < 1.29 is 8.81 Å². The van der Waals surface area contributed by atoms with Crippen molar-refractivity contribution in [2.24, 2.45) is 0 Å². The van der Waals surface area contributed by atoms with Gasteiger partial charge in [-0.1, -0.05) is 19.3 Å². The van der Waals surface area contributed by atoms with Crippen LogP contribution >= 0.6 is 0 Å². The van der Waals surface area contributed by atoms with Crippen LogP contribution in [0.15, 0.2) is 28.7 Å². The minimum Gasteiger partial charge on any atom is -0.461 e. The van der Waals surface area contributed by atoms with E-state index in [1.54, 1.807) is 12.1 Å². The number of furan rings is 1. The van der Waals surface area contributed by atoms with Gasteiger partial charge >= 0.3 is 0 Å². The van der Waals surface area contributed by atoms with Crippen LogP contribution in [0.3, 0.4) is 0 Å². The van der Waals surface area contributed by atoms with Crippen LogP contribution in [0.1, 0.15) is 43.8 Å². The summed E-state index contributed by atoms with van der Waals surface area (Å²) >= 11 is 0. The van der Waals surface area contributed by atoms with E-state index in [9.17, 15) is 4.39 Å². The summed E-state index contributed by atoms with van der Waals surface area (Å²) in [6, 6.07) is 7.21. The van der Waals surface area contributed by atoms with Crippen LogP contribution in [-0.4, -0.2) is 13.1 Å². The van der Waals surface area contributed by atoms with Crippen molar-refractivity contribution in [3.05, 3.63) is 35.8 Å². The Morgan fingerprint density at radius 3 is 2.84 bits per heavy atom. The molecular weight excluding hydrogens is 241 g/mol. The van der Waals surface area contributed by atoms with E-state index in [1.165, 1.54) is 31.7 Å². The van der Waals surface area contributed by atoms with Gasteiger partial charge in [-0.25, -0.2) is 4.39 Å². The largest absolute Gasteiger partial charge is 0.461 e. The van der Waals surface area contributed by atoms with Crippen LogP contribution < -0.4 is 5.32 Å². The molecule has 1 saturated carbocycles. The highest BCUT2D eigenvalue weighted by Crippen LogP contribution is 2.35. The summed E-state index contributed by atoms with van der Waals surface area (Å²) in [5.41, 5.74) is 0.788. The van der Waals surface area contributed by atoms with Gasteiger partial charge in [-0.15, -0.1) is 0 Å². The molecule has 2 unspecified atom stereocenters. The molecule has 0 spiro atoms. The van der Waals surface area contributed by atoms with Gasteiger partial charge in [-0.2, -0.15) is 0 Å². The first-order valence-electron chi connectivity index (χ1n) is 7.14. The molecule has 0 aliphatic heterocycles. The maximum Gasteiger partial charge on any atom is 0.134 e. The Balaban J connectivity index is 1.96. The predicted molar refractivity (Wildman–Crippen MR) is 74.8 cm³/mol. The fraction of sp³-hybridized carbons (Fsp3) is 0.500. The lowest BCUT2D eigenvalue weighted by Gasteiger charge is -2.22. The topological polar surface area (TPSA) is 25.2 Å². The molecule has 0 saturated heterocycles. The number of fused-ring (bicyclic) bond motifs is 1. The molecule has 2 aromatic rings. The van der Waals surface area contributed by atoms with Crippen molar-refractivity contribution in [3.63, 3.8) is 0 Å². The zero-order valence-corrected chi connectivity index (χ0v) is 11.3. The van der Waals surface area contributed by atoms with Crippen LogP contribution in [0.4, 0.5) is 4.39 Å². The highest BCUT2D eigenvalue weighted by atomic mass is 19.1. The van der Waals surface area contributed by atoms with Crippen LogP contribution in [-0.2, 0) is 0 Å². The third-order valence-electron chi connectivity index (χ3n) is 4.25. The van der Waals surface area contributed by atoms with E-state index < -0.39 is 0 Å². The molecule has 0 bridgehead atoms. The lowest BCUT2D eigenvalue weighted by molar-refractivity contribution is 0.381. The molecule has 1 N–H and O–H groups in total. The van der Waals surface area contributed by atoms with Gasteiger partial charge < -0.3 is 9.73 Å². The van der Waals surface area contributed by atoms with Gasteiger partial charge in [0.05, 0.1) is 0 Å². The van der Waals surface area contributed by atoms with Crippen molar-refractivity contribution in [1.82, 2.24) is 5.32 Å². The second-order valence-corrected chi connectivity index (χ2v) is 5.47. The molecule has 1 heterocycles. The van der Waals surface area contributed by atoms with Gasteiger partial charge in [-0.3, -0.25) is 0 Å². The maximum atomic E-state index is 13.2. The predicted octanol–water partition coefficient (Wildman–Crippen LogP) is 4.21. The molecule has 0 amide bonds. The van der Waals surface area contributed by atoms with E-state index >= 15 is 0 Å². The molecule has 102 valence electrons. The summed E-state index contributed by atoms with van der Waals surface area (Å²) in [4.78, 5) is 0. The minimum absolute atomic E-state index is 0.203. The van der Waals surface area contributed by atoms with Crippen molar-refractivity contribution in [1.29, 1.82) is 0 Å². The molecule has 1 aromatic carbocycles. The molecule has 0 radical (unpaired) electrons. The summed E-state index contributed by atoms with van der Waals surface area (Å²) in [6.07, 6.45) is 6.15. The molecule has 1 aliphatic rings. The zero-order chi connectivity index (χ0) is 13.2. The Kier molecular flexibility index (Phi) is 3.56. The third kappa shape index (κ3) is 2.52. The monoisotopic (exact) mass is 261 g/mol. The second kappa shape index (κ2) is 5.33. The summed E-state index contributed by atoms with van der Waals surface area (Å²) in [7, 11) is 2.02. The van der Waals surface area contributed by atoms with Crippen molar-refractivity contribution in [2.45, 2.75) is 44.1 Å². The highest BCUT2D eigenvalue weighted by Gasteiger charge is 2.26. The van der Waals surface area contributed by atoms with Gasteiger partial charge in [-0.05, 0) is 44.2 Å². The van der Waals surface area contributed by atoms with Crippen molar-refractivity contribution in [2.75, 3.05) is 7.05 Å². The number of hydrogen-bond acceptors (Lipinski definition) is 2. The van der Waals surface area contributed by atoms with Gasteiger partial charge in [0.15, 0.2) is 0 Å². The van der Waals surface area contributed by atoms with Crippen molar-refractivity contribution in [3.8, 4) is 0 Å². The molecule has 1 aromatic heterocycles. The van der Waals surface area contributed by atoms with Gasteiger partial charge in [0.1, 0.15) is 17.2 Å². The normalized spacial score (nSPS) is 24.5. The molecular formula is C16H20FNO. The second-order valence-electron chi connectivity index (χ2n) is 5.47. The summed E-state index contributed by atoms with van der Waals surface area (Å²) in [5, 5.41) is 4.28. The molecule has 1 aliphatic carbocycles. The number of nitrogens with one attached hydrogen (secondary N) is 1. The minimum atomic E-state index is -0.203. The van der Waals surface area contributed by atoms with Crippen LogP contribution in [0, 0.1) is 5.82 Å². The molecule has 19 heavy (non-hydrogen) atoms. The SMILES string of the molecule is CNC1CCCCCC1c1cc2cc(F)ccc2o1. The number of likely N-dealkylation sites (N-methyl/N-ethyl adjacent to an activating group) is 1. The molecule has 3 rings (SSSR count). The first kappa shape index (κ1) is 12.7. The fourth-order valence-electron chi connectivity index (χ4n) is 3.21. The first-order valence-corrected chi connectivity index (χ1v) is 7.14. The Hall–Kier alpha value is -1.35. The quantitative estimate of drug-likeness (QED) is 0.819. The molecule has 2 nitrogen and oxygen atoms in total. The van der Waals surface area contributed by atoms with E-state index in [0.717, 1.165) is 23.2 Å². The van der Waals surface area contributed by atoms with Crippen LogP contribution in [0.2, 0.25) is 0 Å². The van der Waals surface area contributed by atoms with E-state index in [0.29, 0.717) is 12.0 Å². The summed E-state index contributed by atoms with van der Waals surface area (Å²) < 4.78 is 19.2. The number of benzene rings is 1. The summed E-state index contributed by atoms with van der Waals surface area (Å²) in [5.74, 6) is 1.20. The van der Waals surface area contributed by atoms with Gasteiger partial charge in [0.25, 0.3) is 0 Å². The standard InChI is InChI=1S/C16H20FNO/c1-18-14-6-4-2-3-5-13(14)16-10-11-9-12(17)7-8-15(11)19-16/h7-10,13-14,18H,2-6H2,1H3. The number of hydrogen-bond donors (Lipinski definition) is 1. The Labute approximate surface area is 113 Å². The van der Waals surface area contributed by atoms with Gasteiger partial charge in [0.2, 0.25) is 0 Å². The number of halogens is 1. The van der Waals surface area contributed by atoms with Crippen LogP contribution in [0.25, 0.3) is 11.0 Å². The van der Waals surface area contributed by atoms with Crippen LogP contribution in [0.5, 0.6) is 0 Å². The lowest BCUT2D eigenvalue weighted by atomic mass is 9.92. The van der Waals surface area contributed by atoms with E-state index in [1.807, 2.05) is 13.1 Å². The molecule has 3 heteroatoms. The Bertz CT molecular complexity index is 563. The zero-order valence-electron chi connectivity index (χ0n) is 11.3. The maximum absolute atomic E-state index is 13.2. The lowest BCUT2D eigenvalue weighted by Crippen LogP contribution is -2.30. The highest BCUT2D eigenvalue weighted by molar-refractivity contribution is 5.78. The fourth-order valence-corrected chi connectivity index (χ4v) is 3.21. The van der Waals surface area contributed by atoms with Gasteiger partial charge in [0, 0.05) is 17.3 Å². The molecule has 2 atom stereocenters. The molecule has 1 fully saturated rings. The third-order valence-corrected chi connectivity index (χ3v) is 4.25. The first-order chi connectivity index (χ1) is 9.28. The smallest absolute Gasteiger partial charge is 0.134 e. The van der Waals surface area contributed by atoms with Crippen molar-refractivity contribution >= 4 is 11.0 Å². The van der Waals surface area contributed by atoms with E-state index in [2.05, 4.69) is 5.32 Å². The Morgan fingerprint density at radius 2 is 2.00 bits per heavy atom.